The lowest BCUT2D eigenvalue weighted by atomic mass is 9.71. The Morgan fingerprint density at radius 2 is 1.52 bits per heavy atom. The predicted octanol–water partition coefficient (Wildman–Crippen LogP) is 4.14. The maximum Gasteiger partial charge on any atom is 0.322 e. The van der Waals surface area contributed by atoms with Crippen LogP contribution in [0.1, 0.15) is 32.1 Å². The minimum absolute atomic E-state index is 0.0788. The predicted molar refractivity (Wildman–Crippen MR) is 115 cm³/mol. The van der Waals surface area contributed by atoms with Gasteiger partial charge in [-0.3, -0.25) is 4.79 Å². The summed E-state index contributed by atoms with van der Waals surface area (Å²) in [6.07, 6.45) is 4.51. The molecule has 3 atom stereocenters. The third-order valence-electron chi connectivity index (χ3n) is 6.38. The summed E-state index contributed by atoms with van der Waals surface area (Å²) >= 11 is 0. The van der Waals surface area contributed by atoms with E-state index >= 15 is 0 Å². The van der Waals surface area contributed by atoms with Gasteiger partial charge in [0.25, 0.3) is 0 Å². The normalized spacial score (nSPS) is 24.2. The lowest BCUT2D eigenvalue weighted by Gasteiger charge is -2.44. The highest BCUT2D eigenvalue weighted by Gasteiger charge is 2.47. The minimum Gasteiger partial charge on any atom is -0.497 e. The van der Waals surface area contributed by atoms with Crippen molar-refractivity contribution in [2.75, 3.05) is 13.7 Å². The number of hydrogen-bond acceptors (Lipinski definition) is 5. The molecule has 0 radical (unpaired) electrons. The Labute approximate surface area is 182 Å². The lowest BCUT2D eigenvalue weighted by molar-refractivity contribution is -0.146. The average Bonchev–Trinajstić information content (AvgIpc) is 2.79. The second kappa shape index (κ2) is 8.88. The van der Waals surface area contributed by atoms with Crippen LogP contribution in [0.2, 0.25) is 0 Å². The first-order valence-corrected chi connectivity index (χ1v) is 12.0. The minimum atomic E-state index is -3.92. The Bertz CT molecular complexity index is 1020. The summed E-state index contributed by atoms with van der Waals surface area (Å²) in [6, 6.07) is 12.2. The molecular weight excluding hydrogens is 418 g/mol. The van der Waals surface area contributed by atoms with Crippen molar-refractivity contribution in [1.29, 1.82) is 0 Å². The molecule has 1 saturated carbocycles. The fourth-order valence-electron chi connectivity index (χ4n) is 4.83. The molecule has 1 saturated heterocycles. The number of carbonyl (C=O) groups is 1. The molecule has 0 aromatic heterocycles. The van der Waals surface area contributed by atoms with Crippen LogP contribution in [0.5, 0.6) is 17.2 Å². The Morgan fingerprint density at radius 1 is 0.935 bits per heavy atom. The van der Waals surface area contributed by atoms with E-state index in [0.717, 1.165) is 25.7 Å². The van der Waals surface area contributed by atoms with Gasteiger partial charge in [-0.25, -0.2) is 8.42 Å². The zero-order chi connectivity index (χ0) is 22.0. The topological polar surface area (TPSA) is 93.1 Å². The first kappa shape index (κ1) is 21.6. The van der Waals surface area contributed by atoms with Crippen LogP contribution in [0, 0.1) is 11.8 Å². The number of carboxylic acid groups (broad SMARTS) is 1. The van der Waals surface area contributed by atoms with Crippen LogP contribution in [0.15, 0.2) is 53.4 Å². The van der Waals surface area contributed by atoms with Gasteiger partial charge in [0.2, 0.25) is 10.0 Å². The SMILES string of the molecule is COc1ccc(Oc2ccc(S(=O)(=O)N3CCC4CCCCC4C3C(=O)O)cc2)cc1. The molecule has 0 bridgehead atoms. The van der Waals surface area contributed by atoms with Gasteiger partial charge in [0.05, 0.1) is 12.0 Å². The zero-order valence-corrected chi connectivity index (χ0v) is 18.3. The van der Waals surface area contributed by atoms with Crippen molar-refractivity contribution in [3.63, 3.8) is 0 Å². The molecule has 1 aliphatic heterocycles. The highest BCUT2D eigenvalue weighted by molar-refractivity contribution is 7.89. The van der Waals surface area contributed by atoms with E-state index in [-0.39, 0.29) is 17.4 Å². The summed E-state index contributed by atoms with van der Waals surface area (Å²) in [5, 5.41) is 9.87. The molecule has 8 heteroatoms. The van der Waals surface area contributed by atoms with E-state index in [2.05, 4.69) is 0 Å². The Kier molecular flexibility index (Phi) is 6.20. The number of aliphatic carboxylic acids is 1. The van der Waals surface area contributed by atoms with Gasteiger partial charge in [-0.2, -0.15) is 4.31 Å². The number of rotatable bonds is 6. The van der Waals surface area contributed by atoms with E-state index in [0.29, 0.717) is 29.6 Å². The zero-order valence-electron chi connectivity index (χ0n) is 17.4. The molecule has 2 aliphatic rings. The van der Waals surface area contributed by atoms with Gasteiger partial charge in [0.15, 0.2) is 0 Å². The summed E-state index contributed by atoms with van der Waals surface area (Å²) in [5.74, 6) is 0.920. The number of nitrogens with zero attached hydrogens (tertiary/aromatic N) is 1. The molecule has 3 unspecified atom stereocenters. The Hall–Kier alpha value is -2.58. The van der Waals surface area contributed by atoms with E-state index < -0.39 is 22.0 Å². The molecule has 0 spiro atoms. The molecule has 2 fully saturated rings. The maximum atomic E-state index is 13.3. The maximum absolute atomic E-state index is 13.3. The van der Waals surface area contributed by atoms with Crippen molar-refractivity contribution >= 4 is 16.0 Å². The largest absolute Gasteiger partial charge is 0.497 e. The van der Waals surface area contributed by atoms with Crippen molar-refractivity contribution in [3.05, 3.63) is 48.5 Å². The molecule has 0 amide bonds. The molecule has 1 N–H and O–H groups in total. The number of carboxylic acids is 1. The average molecular weight is 446 g/mol. The summed E-state index contributed by atoms with van der Waals surface area (Å²) in [7, 11) is -2.34. The van der Waals surface area contributed by atoms with E-state index in [9.17, 15) is 18.3 Å². The van der Waals surface area contributed by atoms with Crippen LogP contribution in [0.3, 0.4) is 0 Å². The smallest absolute Gasteiger partial charge is 0.322 e. The molecule has 31 heavy (non-hydrogen) atoms. The fourth-order valence-corrected chi connectivity index (χ4v) is 6.47. The first-order valence-electron chi connectivity index (χ1n) is 10.6. The highest BCUT2D eigenvalue weighted by Crippen LogP contribution is 2.42. The summed E-state index contributed by atoms with van der Waals surface area (Å²) in [4.78, 5) is 12.1. The summed E-state index contributed by atoms with van der Waals surface area (Å²) in [5.41, 5.74) is 0. The van der Waals surface area contributed by atoms with Crippen molar-refractivity contribution in [1.82, 2.24) is 4.31 Å². The van der Waals surface area contributed by atoms with Crippen LogP contribution < -0.4 is 9.47 Å². The number of fused-ring (bicyclic) bond motifs is 1. The molecule has 4 rings (SSSR count). The van der Waals surface area contributed by atoms with Gasteiger partial charge in [0, 0.05) is 6.54 Å². The number of benzene rings is 2. The van der Waals surface area contributed by atoms with Crippen molar-refractivity contribution < 1.29 is 27.8 Å². The summed E-state index contributed by atoms with van der Waals surface area (Å²) in [6.45, 7) is 0.241. The second-order valence-corrected chi connectivity index (χ2v) is 10.0. The van der Waals surface area contributed by atoms with Gasteiger partial charge < -0.3 is 14.6 Å². The van der Waals surface area contributed by atoms with Crippen LogP contribution in [0.4, 0.5) is 0 Å². The van der Waals surface area contributed by atoms with E-state index in [4.69, 9.17) is 9.47 Å². The third-order valence-corrected chi connectivity index (χ3v) is 8.28. The van der Waals surface area contributed by atoms with Crippen molar-refractivity contribution in [2.45, 2.75) is 43.0 Å². The van der Waals surface area contributed by atoms with E-state index in [1.54, 1.807) is 43.5 Å². The number of ether oxygens (including phenoxy) is 2. The third kappa shape index (κ3) is 4.41. The lowest BCUT2D eigenvalue weighted by Crippen LogP contribution is -2.55. The standard InChI is InChI=1S/C23H27NO6S/c1-29-17-6-8-18(9-7-17)30-19-10-12-20(13-11-19)31(27,28)24-15-14-16-4-2-3-5-21(16)22(24)23(25)26/h6-13,16,21-22H,2-5,14-15H2,1H3,(H,25,26). The van der Waals surface area contributed by atoms with E-state index in [1.165, 1.54) is 16.4 Å². The number of methoxy groups -OCH3 is 1. The quantitative estimate of drug-likeness (QED) is 0.718. The molecule has 2 aromatic carbocycles. The Balaban J connectivity index is 1.54. The number of sulfonamides is 1. The van der Waals surface area contributed by atoms with Crippen LogP contribution >= 0.6 is 0 Å². The van der Waals surface area contributed by atoms with Crippen LogP contribution in [-0.4, -0.2) is 43.5 Å². The van der Waals surface area contributed by atoms with Gasteiger partial charge in [-0.05, 0) is 73.2 Å². The van der Waals surface area contributed by atoms with Gasteiger partial charge >= 0.3 is 5.97 Å². The monoisotopic (exact) mass is 445 g/mol. The first-order chi connectivity index (χ1) is 14.9. The van der Waals surface area contributed by atoms with Crippen LogP contribution in [0.25, 0.3) is 0 Å². The molecule has 2 aromatic rings. The highest BCUT2D eigenvalue weighted by atomic mass is 32.2. The van der Waals surface area contributed by atoms with Gasteiger partial charge in [0.1, 0.15) is 23.3 Å². The fraction of sp³-hybridized carbons (Fsp3) is 0.435. The Morgan fingerprint density at radius 3 is 2.13 bits per heavy atom. The summed E-state index contributed by atoms with van der Waals surface area (Å²) < 4.78 is 38.7. The molecule has 166 valence electrons. The second-order valence-electron chi connectivity index (χ2n) is 8.14. The van der Waals surface area contributed by atoms with Crippen LogP contribution in [-0.2, 0) is 14.8 Å². The van der Waals surface area contributed by atoms with Crippen molar-refractivity contribution in [3.8, 4) is 17.2 Å². The molecule has 7 nitrogen and oxygen atoms in total. The van der Waals surface area contributed by atoms with E-state index in [1.807, 2.05) is 0 Å². The molecule has 1 heterocycles. The van der Waals surface area contributed by atoms with Gasteiger partial charge in [-0.1, -0.05) is 19.3 Å². The molecular formula is C23H27NO6S. The number of hydrogen-bond donors (Lipinski definition) is 1. The molecule has 1 aliphatic carbocycles. The number of piperidine rings is 1. The van der Waals surface area contributed by atoms with Gasteiger partial charge in [-0.15, -0.1) is 0 Å². The van der Waals surface area contributed by atoms with Crippen molar-refractivity contribution in [2.24, 2.45) is 11.8 Å².